The number of aryl methyl sites for hydroxylation is 1. The van der Waals surface area contributed by atoms with Gasteiger partial charge < -0.3 is 4.84 Å². The van der Waals surface area contributed by atoms with E-state index in [2.05, 4.69) is 9.82 Å². The van der Waals surface area contributed by atoms with Gasteiger partial charge in [0.05, 0.1) is 5.56 Å². The third-order valence-electron chi connectivity index (χ3n) is 2.18. The van der Waals surface area contributed by atoms with Crippen molar-refractivity contribution in [1.29, 1.82) is 0 Å². The number of hydrogen-bond donors (Lipinski definition) is 0. The van der Waals surface area contributed by atoms with Gasteiger partial charge in [0.15, 0.2) is 0 Å². The van der Waals surface area contributed by atoms with E-state index in [0.29, 0.717) is 5.06 Å². The summed E-state index contributed by atoms with van der Waals surface area (Å²) in [6.45, 7) is -2.37. The lowest BCUT2D eigenvalue weighted by Crippen LogP contribution is -2.32. The normalized spacial score (nSPS) is 18.6. The van der Waals surface area contributed by atoms with Gasteiger partial charge in [0.1, 0.15) is 0 Å². The lowest BCUT2D eigenvalue weighted by molar-refractivity contribution is -0.172. The van der Waals surface area contributed by atoms with E-state index >= 15 is 0 Å². The number of rotatable bonds is 2. The highest BCUT2D eigenvalue weighted by molar-refractivity contribution is 6.02. The van der Waals surface area contributed by atoms with Crippen LogP contribution in [0.15, 0.2) is 18.3 Å². The zero-order valence-electron chi connectivity index (χ0n) is 11.7. The molecule has 1 aromatic heterocycles. The Hall–Kier alpha value is -2.24. The molecule has 0 saturated carbocycles. The Balaban J connectivity index is 2.10. The summed E-state index contributed by atoms with van der Waals surface area (Å²) in [5, 5.41) is 0.417. The fourth-order valence-corrected chi connectivity index (χ4v) is 1.31. The molecule has 1 aromatic rings. The Morgan fingerprint density at radius 3 is 2.65 bits per heavy atom. The number of aromatic nitrogens is 1. The van der Waals surface area contributed by atoms with Crippen molar-refractivity contribution in [3.05, 3.63) is 29.6 Å². The standard InChI is InChI=1S/C11H10N2O4/c1-7-2-3-8(6-12-7)11(16)17-13-9(14)4-5-10(13)15/h2-3,6H,4-5H2,1H3/i1D3. The van der Waals surface area contributed by atoms with Gasteiger partial charge in [-0.1, -0.05) is 0 Å². The highest BCUT2D eigenvalue weighted by Gasteiger charge is 2.33. The smallest absolute Gasteiger partial charge is 0.325 e. The van der Waals surface area contributed by atoms with E-state index in [1.807, 2.05) is 0 Å². The number of hydrogen-bond acceptors (Lipinski definition) is 5. The molecular weight excluding hydrogens is 224 g/mol. The summed E-state index contributed by atoms with van der Waals surface area (Å²) < 4.78 is 21.4. The number of imide groups is 1. The van der Waals surface area contributed by atoms with E-state index in [1.165, 1.54) is 6.07 Å². The largest absolute Gasteiger partial charge is 0.365 e. The molecule has 0 N–H and O–H groups in total. The maximum atomic E-state index is 11.7. The fraction of sp³-hybridized carbons (Fsp3) is 0.273. The molecule has 1 fully saturated rings. The van der Waals surface area contributed by atoms with Crippen LogP contribution in [0.4, 0.5) is 0 Å². The van der Waals surface area contributed by atoms with Gasteiger partial charge in [-0.15, -0.1) is 5.06 Å². The molecule has 1 aliphatic rings. The summed E-state index contributed by atoms with van der Waals surface area (Å²) in [6, 6.07) is 2.37. The maximum Gasteiger partial charge on any atom is 0.365 e. The van der Waals surface area contributed by atoms with Crippen LogP contribution in [-0.2, 0) is 14.4 Å². The molecule has 0 aromatic carbocycles. The van der Waals surface area contributed by atoms with Gasteiger partial charge in [-0.2, -0.15) is 0 Å². The molecule has 1 aliphatic heterocycles. The SMILES string of the molecule is [2H]C([2H])([2H])c1ccc(C(=O)ON2C(=O)CCC2=O)cn1. The first-order valence-corrected chi connectivity index (χ1v) is 4.83. The Kier molecular flexibility index (Phi) is 2.02. The van der Waals surface area contributed by atoms with Crippen molar-refractivity contribution in [3.63, 3.8) is 0 Å². The molecule has 0 aliphatic carbocycles. The number of amides is 2. The fourth-order valence-electron chi connectivity index (χ4n) is 1.31. The molecule has 0 unspecified atom stereocenters. The molecule has 0 radical (unpaired) electrons. The lowest BCUT2D eigenvalue weighted by Gasteiger charge is -2.12. The first-order chi connectivity index (χ1) is 9.29. The van der Waals surface area contributed by atoms with Gasteiger partial charge in [-0.25, -0.2) is 4.79 Å². The van der Waals surface area contributed by atoms with Gasteiger partial charge in [-0.3, -0.25) is 14.6 Å². The van der Waals surface area contributed by atoms with E-state index in [9.17, 15) is 14.4 Å². The van der Waals surface area contributed by atoms with Crippen molar-refractivity contribution in [2.75, 3.05) is 0 Å². The molecule has 2 heterocycles. The molecule has 0 atom stereocenters. The quantitative estimate of drug-likeness (QED) is 0.704. The van der Waals surface area contributed by atoms with Crippen LogP contribution in [0.1, 0.15) is 33.0 Å². The highest BCUT2D eigenvalue weighted by Crippen LogP contribution is 2.13. The molecule has 2 rings (SSSR count). The third-order valence-corrected chi connectivity index (χ3v) is 2.18. The number of pyridine rings is 1. The van der Waals surface area contributed by atoms with Gasteiger partial charge in [0, 0.05) is 28.8 Å². The van der Waals surface area contributed by atoms with E-state index in [0.717, 1.165) is 12.3 Å². The molecule has 17 heavy (non-hydrogen) atoms. The Morgan fingerprint density at radius 1 is 1.41 bits per heavy atom. The Labute approximate surface area is 101 Å². The average Bonchev–Trinajstić information content (AvgIpc) is 2.69. The van der Waals surface area contributed by atoms with Crippen LogP contribution in [0.25, 0.3) is 0 Å². The second kappa shape index (κ2) is 4.32. The summed E-state index contributed by atoms with van der Waals surface area (Å²) in [4.78, 5) is 42.5. The van der Waals surface area contributed by atoms with Crippen LogP contribution < -0.4 is 0 Å². The first-order valence-electron chi connectivity index (χ1n) is 6.33. The molecule has 6 nitrogen and oxygen atoms in total. The highest BCUT2D eigenvalue weighted by atomic mass is 16.7. The minimum Gasteiger partial charge on any atom is -0.325 e. The molecular formula is C11H10N2O4. The van der Waals surface area contributed by atoms with E-state index in [1.54, 1.807) is 0 Å². The second-order valence-corrected chi connectivity index (χ2v) is 3.39. The molecule has 0 bridgehead atoms. The van der Waals surface area contributed by atoms with Crippen molar-refractivity contribution in [3.8, 4) is 0 Å². The topological polar surface area (TPSA) is 76.6 Å². The zero-order valence-corrected chi connectivity index (χ0v) is 8.67. The van der Waals surface area contributed by atoms with Crippen LogP contribution in [0.2, 0.25) is 0 Å². The Bertz CT molecular complexity index is 552. The van der Waals surface area contributed by atoms with Crippen LogP contribution in [0.3, 0.4) is 0 Å². The lowest BCUT2D eigenvalue weighted by atomic mass is 10.2. The summed E-state index contributed by atoms with van der Waals surface area (Å²) in [6.07, 6.45) is 1.03. The summed E-state index contributed by atoms with van der Waals surface area (Å²) >= 11 is 0. The van der Waals surface area contributed by atoms with Gasteiger partial charge in [0.2, 0.25) is 0 Å². The number of hydroxylamine groups is 2. The third kappa shape index (κ3) is 2.30. The van der Waals surface area contributed by atoms with E-state index in [4.69, 9.17) is 4.11 Å². The molecule has 6 heteroatoms. The second-order valence-electron chi connectivity index (χ2n) is 3.39. The van der Waals surface area contributed by atoms with Crippen LogP contribution in [0, 0.1) is 6.85 Å². The number of nitrogens with zero attached hydrogens (tertiary/aromatic N) is 2. The van der Waals surface area contributed by atoms with Crippen molar-refractivity contribution in [2.45, 2.75) is 19.7 Å². The predicted octanol–water partition coefficient (Wildman–Crippen LogP) is 0.611. The first kappa shape index (κ1) is 7.94. The van der Waals surface area contributed by atoms with Crippen LogP contribution in [0.5, 0.6) is 0 Å². The average molecular weight is 237 g/mol. The number of carbonyl (C=O) groups is 3. The van der Waals surface area contributed by atoms with Crippen molar-refractivity contribution in [2.24, 2.45) is 0 Å². The number of carbonyl (C=O) groups excluding carboxylic acids is 3. The van der Waals surface area contributed by atoms with Gasteiger partial charge in [0.25, 0.3) is 11.8 Å². The molecule has 2 amide bonds. The van der Waals surface area contributed by atoms with Crippen molar-refractivity contribution < 1.29 is 23.3 Å². The van der Waals surface area contributed by atoms with Gasteiger partial charge >= 0.3 is 5.97 Å². The zero-order chi connectivity index (χ0) is 14.9. The summed E-state index contributed by atoms with van der Waals surface area (Å²) in [7, 11) is 0. The van der Waals surface area contributed by atoms with Gasteiger partial charge in [-0.05, 0) is 19.0 Å². The van der Waals surface area contributed by atoms with Crippen molar-refractivity contribution >= 4 is 17.8 Å². The summed E-state index contributed by atoms with van der Waals surface area (Å²) in [5.41, 5.74) is -0.215. The minimum absolute atomic E-state index is 0.00233. The predicted molar refractivity (Wildman–Crippen MR) is 55.5 cm³/mol. The molecule has 1 saturated heterocycles. The monoisotopic (exact) mass is 237 g/mol. The van der Waals surface area contributed by atoms with Crippen LogP contribution in [-0.4, -0.2) is 27.8 Å². The molecule has 88 valence electrons. The minimum atomic E-state index is -2.37. The van der Waals surface area contributed by atoms with E-state index in [-0.39, 0.29) is 24.1 Å². The van der Waals surface area contributed by atoms with Crippen molar-refractivity contribution in [1.82, 2.24) is 10.0 Å². The molecule has 0 spiro atoms. The van der Waals surface area contributed by atoms with Crippen LogP contribution >= 0.6 is 0 Å². The Morgan fingerprint density at radius 2 is 2.12 bits per heavy atom. The summed E-state index contributed by atoms with van der Waals surface area (Å²) in [5.74, 6) is -2.12. The maximum absolute atomic E-state index is 11.7. The van der Waals surface area contributed by atoms with E-state index < -0.39 is 24.6 Å².